The largest absolute Gasteiger partial charge is 0.497 e. The minimum absolute atomic E-state index is 0.0132. The van der Waals surface area contributed by atoms with Crippen molar-refractivity contribution in [2.75, 3.05) is 13.7 Å². The Morgan fingerprint density at radius 2 is 1.66 bits per heavy atom. The molecule has 0 spiro atoms. The van der Waals surface area contributed by atoms with Gasteiger partial charge in [0.15, 0.2) is 5.89 Å². The molecule has 6 nitrogen and oxygen atoms in total. The second-order valence-corrected chi connectivity index (χ2v) is 7.36. The van der Waals surface area contributed by atoms with Gasteiger partial charge in [-0.3, -0.25) is 4.79 Å². The molecule has 2 aromatic carbocycles. The summed E-state index contributed by atoms with van der Waals surface area (Å²) in [6.07, 6.45) is 0.694. The van der Waals surface area contributed by atoms with Crippen LogP contribution in [0.25, 0.3) is 0 Å². The molecule has 1 aromatic heterocycles. The number of ether oxygens (including phenoxy) is 2. The van der Waals surface area contributed by atoms with Gasteiger partial charge >= 0.3 is 0 Å². The summed E-state index contributed by atoms with van der Waals surface area (Å²) in [5.74, 6) is 4.02. The topological polar surface area (TPSA) is 64.8 Å². The fourth-order valence-corrected chi connectivity index (χ4v) is 3.27. The van der Waals surface area contributed by atoms with Crippen LogP contribution in [0.1, 0.15) is 47.5 Å². The van der Waals surface area contributed by atoms with Gasteiger partial charge in [-0.2, -0.15) is 0 Å². The molecule has 0 fully saturated rings. The summed E-state index contributed by atoms with van der Waals surface area (Å²) in [4.78, 5) is 19.3. The van der Waals surface area contributed by atoms with E-state index in [4.69, 9.17) is 13.9 Å². The first-order valence-corrected chi connectivity index (χ1v) is 9.73. The molecular formula is C23H24N2O4. The lowest BCUT2D eigenvalue weighted by Crippen LogP contribution is -2.35. The molecule has 3 aromatic rings. The van der Waals surface area contributed by atoms with E-state index < -0.39 is 0 Å². The van der Waals surface area contributed by atoms with E-state index in [1.54, 1.807) is 31.4 Å². The van der Waals surface area contributed by atoms with Gasteiger partial charge in [0.05, 0.1) is 13.7 Å². The molecule has 2 heterocycles. The molecule has 150 valence electrons. The Kier molecular flexibility index (Phi) is 5.25. The average molecular weight is 392 g/mol. The van der Waals surface area contributed by atoms with Gasteiger partial charge in [0.1, 0.15) is 28.7 Å². The normalized spacial score (nSPS) is 13.3. The summed E-state index contributed by atoms with van der Waals surface area (Å²) in [5.41, 5.74) is 1.50. The maximum Gasteiger partial charge on any atom is 0.254 e. The van der Waals surface area contributed by atoms with E-state index >= 15 is 0 Å². The van der Waals surface area contributed by atoms with Crippen LogP contribution in [0, 0.1) is 0 Å². The molecule has 0 saturated carbocycles. The van der Waals surface area contributed by atoms with Gasteiger partial charge in [-0.15, -0.1) is 0 Å². The van der Waals surface area contributed by atoms with Crippen molar-refractivity contribution in [3.05, 3.63) is 71.4 Å². The number of benzene rings is 2. The number of methoxy groups -OCH3 is 1. The number of aromatic nitrogens is 1. The molecule has 0 N–H and O–H groups in total. The van der Waals surface area contributed by atoms with Crippen molar-refractivity contribution in [1.29, 1.82) is 0 Å². The number of oxazole rings is 1. The number of nitrogens with zero attached hydrogens (tertiary/aromatic N) is 2. The molecule has 1 amide bonds. The summed E-state index contributed by atoms with van der Waals surface area (Å²) in [6, 6.07) is 14.6. The van der Waals surface area contributed by atoms with Crippen LogP contribution in [0.4, 0.5) is 0 Å². The van der Waals surface area contributed by atoms with Gasteiger partial charge in [0.25, 0.3) is 5.91 Å². The summed E-state index contributed by atoms with van der Waals surface area (Å²) in [6.45, 7) is 5.21. The summed E-state index contributed by atoms with van der Waals surface area (Å²) >= 11 is 0. The second-order valence-electron chi connectivity index (χ2n) is 7.36. The smallest absolute Gasteiger partial charge is 0.254 e. The molecule has 4 rings (SSSR count). The van der Waals surface area contributed by atoms with Crippen molar-refractivity contribution in [2.45, 2.75) is 32.7 Å². The van der Waals surface area contributed by atoms with Crippen molar-refractivity contribution in [3.8, 4) is 17.2 Å². The molecule has 0 saturated heterocycles. The molecule has 1 aliphatic rings. The van der Waals surface area contributed by atoms with E-state index in [9.17, 15) is 4.79 Å². The van der Waals surface area contributed by atoms with Crippen molar-refractivity contribution in [3.63, 3.8) is 0 Å². The van der Waals surface area contributed by atoms with Crippen LogP contribution in [-0.2, 0) is 13.0 Å². The number of hydrogen-bond donors (Lipinski definition) is 0. The zero-order valence-corrected chi connectivity index (χ0v) is 16.8. The first kappa shape index (κ1) is 19.1. The fraction of sp³-hybridized carbons (Fsp3) is 0.304. The molecule has 0 aliphatic carbocycles. The third-order valence-electron chi connectivity index (χ3n) is 4.92. The van der Waals surface area contributed by atoms with Crippen LogP contribution in [0.5, 0.6) is 17.2 Å². The van der Waals surface area contributed by atoms with Crippen LogP contribution in [0.15, 0.2) is 52.9 Å². The fourth-order valence-electron chi connectivity index (χ4n) is 3.27. The number of carbonyl (C=O) groups excluding carboxylic acids is 1. The Balaban J connectivity index is 1.42. The van der Waals surface area contributed by atoms with Crippen molar-refractivity contribution >= 4 is 5.91 Å². The summed E-state index contributed by atoms with van der Waals surface area (Å²) in [5, 5.41) is 0. The van der Waals surface area contributed by atoms with Gasteiger partial charge in [-0.1, -0.05) is 13.8 Å². The van der Waals surface area contributed by atoms with Gasteiger partial charge in [-0.25, -0.2) is 4.98 Å². The second kappa shape index (κ2) is 7.99. The summed E-state index contributed by atoms with van der Waals surface area (Å²) in [7, 11) is 1.63. The predicted molar refractivity (Wildman–Crippen MR) is 109 cm³/mol. The van der Waals surface area contributed by atoms with Crippen LogP contribution >= 0.6 is 0 Å². The van der Waals surface area contributed by atoms with Crippen LogP contribution in [-0.4, -0.2) is 29.4 Å². The summed E-state index contributed by atoms with van der Waals surface area (Å²) < 4.78 is 16.8. The number of fused-ring (bicyclic) bond motifs is 1. The molecule has 0 unspecified atom stereocenters. The molecule has 29 heavy (non-hydrogen) atoms. The quantitative estimate of drug-likeness (QED) is 0.624. The van der Waals surface area contributed by atoms with E-state index in [1.807, 2.05) is 29.2 Å². The van der Waals surface area contributed by atoms with Gasteiger partial charge in [0.2, 0.25) is 0 Å². The Morgan fingerprint density at radius 1 is 1.03 bits per heavy atom. The van der Waals surface area contributed by atoms with Crippen LogP contribution < -0.4 is 9.47 Å². The molecule has 6 heteroatoms. The maximum absolute atomic E-state index is 12.9. The number of hydrogen-bond acceptors (Lipinski definition) is 5. The Hall–Kier alpha value is -3.28. The predicted octanol–water partition coefficient (Wildman–Crippen LogP) is 4.80. The Labute approximate surface area is 170 Å². The number of rotatable bonds is 5. The SMILES string of the molecule is COc1ccc(Oc2ccc(C(=O)N3CCc4oc(C(C)C)nc4C3)cc2)cc1. The Bertz CT molecular complexity index is 991. The van der Waals surface area contributed by atoms with Gasteiger partial charge in [-0.05, 0) is 48.5 Å². The minimum atomic E-state index is -0.0132. The first-order chi connectivity index (χ1) is 14.0. The zero-order valence-electron chi connectivity index (χ0n) is 16.8. The Morgan fingerprint density at radius 3 is 2.28 bits per heavy atom. The lowest BCUT2D eigenvalue weighted by Gasteiger charge is -2.25. The monoisotopic (exact) mass is 392 g/mol. The van der Waals surface area contributed by atoms with Crippen LogP contribution in [0.2, 0.25) is 0 Å². The molecule has 0 radical (unpaired) electrons. The van der Waals surface area contributed by atoms with Crippen molar-refractivity contribution in [2.24, 2.45) is 0 Å². The number of amides is 1. The highest BCUT2D eigenvalue weighted by molar-refractivity contribution is 5.94. The third kappa shape index (κ3) is 4.11. The van der Waals surface area contributed by atoms with E-state index in [-0.39, 0.29) is 11.8 Å². The van der Waals surface area contributed by atoms with E-state index in [0.29, 0.717) is 36.6 Å². The zero-order chi connectivity index (χ0) is 20.4. The van der Waals surface area contributed by atoms with Crippen LogP contribution in [0.3, 0.4) is 0 Å². The highest BCUT2D eigenvalue weighted by atomic mass is 16.5. The molecule has 0 bridgehead atoms. The maximum atomic E-state index is 12.9. The lowest BCUT2D eigenvalue weighted by atomic mass is 10.1. The molecule has 1 aliphatic heterocycles. The molecule has 0 atom stereocenters. The van der Waals surface area contributed by atoms with Gasteiger partial charge in [0, 0.05) is 24.4 Å². The first-order valence-electron chi connectivity index (χ1n) is 9.73. The third-order valence-corrected chi connectivity index (χ3v) is 4.92. The number of carbonyl (C=O) groups is 1. The van der Waals surface area contributed by atoms with Crippen molar-refractivity contribution in [1.82, 2.24) is 9.88 Å². The molecular weight excluding hydrogens is 368 g/mol. The van der Waals surface area contributed by atoms with E-state index in [1.165, 1.54) is 0 Å². The van der Waals surface area contributed by atoms with E-state index in [0.717, 1.165) is 23.1 Å². The van der Waals surface area contributed by atoms with E-state index in [2.05, 4.69) is 18.8 Å². The minimum Gasteiger partial charge on any atom is -0.497 e. The highest BCUT2D eigenvalue weighted by Crippen LogP contribution is 2.26. The standard InChI is InChI=1S/C23H24N2O4/c1-15(2)22-24-20-14-25(13-12-21(20)29-22)23(26)16-4-6-18(7-5-16)28-19-10-8-17(27-3)9-11-19/h4-11,15H,12-14H2,1-3H3. The van der Waals surface area contributed by atoms with Gasteiger partial charge < -0.3 is 18.8 Å². The van der Waals surface area contributed by atoms with Crippen molar-refractivity contribution < 1.29 is 18.7 Å². The average Bonchev–Trinajstić information content (AvgIpc) is 3.18. The lowest BCUT2D eigenvalue weighted by molar-refractivity contribution is 0.0728. The highest BCUT2D eigenvalue weighted by Gasteiger charge is 2.26.